The SMILES string of the molecule is CCOC(=O)C(O)C(C(C)=O)c1ccccc1. The fourth-order valence-corrected chi connectivity index (χ4v) is 1.66. The molecular weight excluding hydrogens is 220 g/mol. The molecule has 92 valence electrons. The number of benzene rings is 1. The van der Waals surface area contributed by atoms with E-state index in [2.05, 4.69) is 0 Å². The predicted octanol–water partition coefficient (Wildman–Crippen LogP) is 1.28. The van der Waals surface area contributed by atoms with E-state index < -0.39 is 18.0 Å². The van der Waals surface area contributed by atoms with Gasteiger partial charge in [0.15, 0.2) is 6.10 Å². The van der Waals surface area contributed by atoms with Crippen molar-refractivity contribution in [2.75, 3.05) is 6.61 Å². The molecule has 0 fully saturated rings. The smallest absolute Gasteiger partial charge is 0.336 e. The van der Waals surface area contributed by atoms with Gasteiger partial charge in [-0.1, -0.05) is 30.3 Å². The van der Waals surface area contributed by atoms with Crippen LogP contribution in [0.15, 0.2) is 30.3 Å². The highest BCUT2D eigenvalue weighted by molar-refractivity contribution is 5.90. The second-order valence-electron chi connectivity index (χ2n) is 3.70. The molecule has 2 atom stereocenters. The lowest BCUT2D eigenvalue weighted by molar-refractivity contribution is -0.156. The molecule has 2 unspecified atom stereocenters. The van der Waals surface area contributed by atoms with Gasteiger partial charge in [-0.3, -0.25) is 4.79 Å². The van der Waals surface area contributed by atoms with Crippen molar-refractivity contribution in [2.45, 2.75) is 25.9 Å². The Morgan fingerprint density at radius 2 is 1.88 bits per heavy atom. The highest BCUT2D eigenvalue weighted by atomic mass is 16.5. The van der Waals surface area contributed by atoms with Gasteiger partial charge in [0.2, 0.25) is 0 Å². The van der Waals surface area contributed by atoms with Crippen molar-refractivity contribution >= 4 is 11.8 Å². The molecule has 0 aliphatic carbocycles. The second-order valence-corrected chi connectivity index (χ2v) is 3.70. The molecule has 0 spiro atoms. The van der Waals surface area contributed by atoms with E-state index in [0.29, 0.717) is 5.56 Å². The maximum atomic E-state index is 11.5. The third-order valence-corrected chi connectivity index (χ3v) is 2.44. The summed E-state index contributed by atoms with van der Waals surface area (Å²) in [6.07, 6.45) is -1.45. The quantitative estimate of drug-likeness (QED) is 0.782. The van der Waals surface area contributed by atoms with Gasteiger partial charge in [0.25, 0.3) is 0 Å². The Morgan fingerprint density at radius 1 is 1.29 bits per heavy atom. The molecule has 0 amide bonds. The molecule has 0 bridgehead atoms. The van der Waals surface area contributed by atoms with Crippen LogP contribution in [0.2, 0.25) is 0 Å². The Labute approximate surface area is 100 Å². The Hall–Kier alpha value is -1.68. The first-order valence-corrected chi connectivity index (χ1v) is 5.48. The normalized spacial score (nSPS) is 13.8. The summed E-state index contributed by atoms with van der Waals surface area (Å²) in [5, 5.41) is 9.84. The number of rotatable bonds is 5. The van der Waals surface area contributed by atoms with Crippen LogP contribution >= 0.6 is 0 Å². The summed E-state index contributed by atoms with van der Waals surface area (Å²) in [5.74, 6) is -1.90. The Bertz CT molecular complexity index is 386. The van der Waals surface area contributed by atoms with Crippen LogP contribution in [-0.2, 0) is 14.3 Å². The molecule has 1 N–H and O–H groups in total. The summed E-state index contributed by atoms with van der Waals surface area (Å²) in [6.45, 7) is 3.17. The molecule has 4 heteroatoms. The molecule has 1 aromatic carbocycles. The lowest BCUT2D eigenvalue weighted by Crippen LogP contribution is -2.33. The summed E-state index contributed by atoms with van der Waals surface area (Å²) < 4.78 is 4.72. The molecule has 17 heavy (non-hydrogen) atoms. The highest BCUT2D eigenvalue weighted by Gasteiger charge is 2.32. The number of hydrogen-bond donors (Lipinski definition) is 1. The van der Waals surface area contributed by atoms with Crippen LogP contribution in [-0.4, -0.2) is 29.6 Å². The van der Waals surface area contributed by atoms with Gasteiger partial charge >= 0.3 is 5.97 Å². The number of hydrogen-bond acceptors (Lipinski definition) is 4. The molecule has 0 aliphatic rings. The molecule has 0 saturated heterocycles. The van der Waals surface area contributed by atoms with Crippen molar-refractivity contribution in [1.82, 2.24) is 0 Å². The third kappa shape index (κ3) is 3.39. The first kappa shape index (κ1) is 13.4. The van der Waals surface area contributed by atoms with Crippen LogP contribution < -0.4 is 0 Å². The number of carbonyl (C=O) groups is 2. The van der Waals surface area contributed by atoms with Gasteiger partial charge in [0, 0.05) is 0 Å². The lowest BCUT2D eigenvalue weighted by atomic mass is 9.90. The summed E-state index contributed by atoms with van der Waals surface area (Å²) in [7, 11) is 0. The topological polar surface area (TPSA) is 63.6 Å². The number of esters is 1. The van der Waals surface area contributed by atoms with Gasteiger partial charge in [-0.25, -0.2) is 4.79 Å². The number of carbonyl (C=O) groups excluding carboxylic acids is 2. The predicted molar refractivity (Wildman–Crippen MR) is 62.5 cm³/mol. The van der Waals surface area contributed by atoms with E-state index in [0.717, 1.165) is 0 Å². The average molecular weight is 236 g/mol. The minimum absolute atomic E-state index is 0.176. The molecule has 0 aliphatic heterocycles. The molecular formula is C13H16O4. The fraction of sp³-hybridized carbons (Fsp3) is 0.385. The number of ether oxygens (including phenoxy) is 1. The maximum absolute atomic E-state index is 11.5. The summed E-state index contributed by atoms with van der Waals surface area (Å²) in [5.41, 5.74) is 0.612. The zero-order valence-electron chi connectivity index (χ0n) is 9.92. The number of ketones is 1. The zero-order chi connectivity index (χ0) is 12.8. The van der Waals surface area contributed by atoms with E-state index in [1.165, 1.54) is 6.92 Å². The Balaban J connectivity index is 2.94. The van der Waals surface area contributed by atoms with Gasteiger partial charge in [-0.05, 0) is 19.4 Å². The van der Waals surface area contributed by atoms with Crippen LogP contribution in [0.25, 0.3) is 0 Å². The van der Waals surface area contributed by atoms with E-state index >= 15 is 0 Å². The average Bonchev–Trinajstić information content (AvgIpc) is 2.30. The number of Topliss-reactive ketones (excluding diaryl/α,β-unsaturated/α-hetero) is 1. The highest BCUT2D eigenvalue weighted by Crippen LogP contribution is 2.21. The first-order chi connectivity index (χ1) is 8.07. The van der Waals surface area contributed by atoms with Crippen LogP contribution in [0, 0.1) is 0 Å². The van der Waals surface area contributed by atoms with E-state index in [-0.39, 0.29) is 12.4 Å². The molecule has 4 nitrogen and oxygen atoms in total. The molecule has 1 rings (SSSR count). The molecule has 1 aromatic rings. The van der Waals surface area contributed by atoms with Gasteiger partial charge in [0.05, 0.1) is 12.5 Å². The Kier molecular flexibility index (Phi) is 4.84. The van der Waals surface area contributed by atoms with Crippen molar-refractivity contribution in [2.24, 2.45) is 0 Å². The molecule has 0 heterocycles. The van der Waals surface area contributed by atoms with Gasteiger partial charge < -0.3 is 9.84 Å². The zero-order valence-corrected chi connectivity index (χ0v) is 9.92. The van der Waals surface area contributed by atoms with Crippen molar-refractivity contribution in [1.29, 1.82) is 0 Å². The molecule has 0 saturated carbocycles. The number of aliphatic hydroxyl groups excluding tert-OH is 1. The van der Waals surface area contributed by atoms with Crippen LogP contribution in [0.3, 0.4) is 0 Å². The minimum Gasteiger partial charge on any atom is -0.464 e. The van der Waals surface area contributed by atoms with E-state index in [4.69, 9.17) is 4.74 Å². The second kappa shape index (κ2) is 6.15. The summed E-state index contributed by atoms with van der Waals surface area (Å²) in [4.78, 5) is 23.0. The van der Waals surface area contributed by atoms with Crippen molar-refractivity contribution in [3.8, 4) is 0 Å². The lowest BCUT2D eigenvalue weighted by Gasteiger charge is -2.19. The monoisotopic (exact) mass is 236 g/mol. The standard InChI is InChI=1S/C13H16O4/c1-3-17-13(16)12(15)11(9(2)14)10-7-5-4-6-8-10/h4-8,11-12,15H,3H2,1-2H3. The third-order valence-electron chi connectivity index (χ3n) is 2.44. The van der Waals surface area contributed by atoms with E-state index in [1.54, 1.807) is 37.3 Å². The largest absolute Gasteiger partial charge is 0.464 e. The minimum atomic E-state index is -1.45. The van der Waals surface area contributed by atoms with Crippen LogP contribution in [0.4, 0.5) is 0 Å². The van der Waals surface area contributed by atoms with Crippen LogP contribution in [0.1, 0.15) is 25.3 Å². The van der Waals surface area contributed by atoms with E-state index in [9.17, 15) is 14.7 Å². The maximum Gasteiger partial charge on any atom is 0.336 e. The summed E-state index contributed by atoms with van der Waals surface area (Å²) >= 11 is 0. The van der Waals surface area contributed by atoms with Gasteiger partial charge in [0.1, 0.15) is 5.78 Å². The van der Waals surface area contributed by atoms with Gasteiger partial charge in [-0.15, -0.1) is 0 Å². The fourth-order valence-electron chi connectivity index (χ4n) is 1.66. The van der Waals surface area contributed by atoms with Crippen molar-refractivity contribution in [3.63, 3.8) is 0 Å². The summed E-state index contributed by atoms with van der Waals surface area (Å²) in [6, 6.07) is 8.72. The van der Waals surface area contributed by atoms with Crippen molar-refractivity contribution in [3.05, 3.63) is 35.9 Å². The first-order valence-electron chi connectivity index (χ1n) is 5.48. The van der Waals surface area contributed by atoms with E-state index in [1.807, 2.05) is 0 Å². The number of aliphatic hydroxyl groups is 1. The van der Waals surface area contributed by atoms with Crippen LogP contribution in [0.5, 0.6) is 0 Å². The molecule has 0 aromatic heterocycles. The Morgan fingerprint density at radius 3 is 2.35 bits per heavy atom. The van der Waals surface area contributed by atoms with Gasteiger partial charge in [-0.2, -0.15) is 0 Å². The molecule has 0 radical (unpaired) electrons. The van der Waals surface area contributed by atoms with Crippen molar-refractivity contribution < 1.29 is 19.4 Å².